The number of carbonyl (C=O) groups is 1. The number of nitrogens with zero attached hydrogens (tertiary/aromatic N) is 1. The number of rotatable bonds is 6. The summed E-state index contributed by atoms with van der Waals surface area (Å²) in [7, 11) is 0. The fraction of sp³-hybridized carbons (Fsp3) is 0.500. The molecule has 192 valence electrons. The Balaban J connectivity index is 1.45. The predicted molar refractivity (Wildman–Crippen MR) is 138 cm³/mol. The fourth-order valence-electron chi connectivity index (χ4n) is 6.84. The molecule has 1 heterocycles. The lowest BCUT2D eigenvalue weighted by Crippen LogP contribution is -2.59. The second-order valence-electron chi connectivity index (χ2n) is 10.7. The summed E-state index contributed by atoms with van der Waals surface area (Å²) in [6.45, 7) is 3.72. The van der Waals surface area contributed by atoms with Crippen molar-refractivity contribution in [3.8, 4) is 0 Å². The van der Waals surface area contributed by atoms with E-state index in [0.29, 0.717) is 24.1 Å². The Morgan fingerprint density at radius 3 is 2.83 bits per heavy atom. The summed E-state index contributed by atoms with van der Waals surface area (Å²) in [5, 5.41) is 3.77. The molecule has 0 unspecified atom stereocenters. The van der Waals surface area contributed by atoms with Gasteiger partial charge < -0.3 is 10.2 Å². The first-order valence-electron chi connectivity index (χ1n) is 13.4. The van der Waals surface area contributed by atoms with Crippen LogP contribution in [0.2, 0.25) is 0 Å². The summed E-state index contributed by atoms with van der Waals surface area (Å²) in [4.78, 5) is 15.2. The van der Waals surface area contributed by atoms with E-state index in [1.54, 1.807) is 11.0 Å². The van der Waals surface area contributed by atoms with Gasteiger partial charge >= 0.3 is 6.18 Å². The van der Waals surface area contributed by atoms with E-state index in [0.717, 1.165) is 50.0 Å². The van der Waals surface area contributed by atoms with E-state index in [4.69, 9.17) is 0 Å². The van der Waals surface area contributed by atoms with Gasteiger partial charge in [0.2, 0.25) is 0 Å². The van der Waals surface area contributed by atoms with Crippen molar-refractivity contribution in [1.29, 1.82) is 0 Å². The fourth-order valence-corrected chi connectivity index (χ4v) is 6.84. The maximum absolute atomic E-state index is 13.4. The standard InChI is InChI=1S/C30H35F3N2O/c1-2-3-17-35(28(36)13-10-21-7-6-8-23(18-21)30(31,32)33)24-12-11-22-19-27-25-9-4-5-14-29(25,15-16-34-27)26(22)20-24/h6-8,10-13,18,20,25,27,34H,2-5,9,14-17,19H2,1H3/t25-,27+,29+/m0/s1. The number of hydrogen-bond donors (Lipinski definition) is 1. The quantitative estimate of drug-likeness (QED) is 0.441. The molecule has 2 fully saturated rings. The van der Waals surface area contributed by atoms with Crippen molar-refractivity contribution in [2.24, 2.45) is 5.92 Å². The molecule has 1 amide bonds. The van der Waals surface area contributed by atoms with Crippen LogP contribution >= 0.6 is 0 Å². The normalized spacial score (nSPS) is 25.3. The highest BCUT2D eigenvalue weighted by Crippen LogP contribution is 2.54. The van der Waals surface area contributed by atoms with Crippen LogP contribution in [-0.2, 0) is 22.8 Å². The number of anilines is 1. The first-order valence-corrected chi connectivity index (χ1v) is 13.4. The van der Waals surface area contributed by atoms with Crippen LogP contribution < -0.4 is 10.2 Å². The van der Waals surface area contributed by atoms with Gasteiger partial charge in [0.25, 0.3) is 5.91 Å². The molecule has 1 saturated carbocycles. The maximum Gasteiger partial charge on any atom is 0.416 e. The van der Waals surface area contributed by atoms with Crippen molar-refractivity contribution in [3.05, 3.63) is 70.8 Å². The first-order chi connectivity index (χ1) is 17.3. The van der Waals surface area contributed by atoms with Gasteiger partial charge in [0.05, 0.1) is 5.56 Å². The minimum absolute atomic E-state index is 0.197. The van der Waals surface area contributed by atoms with Crippen molar-refractivity contribution in [2.75, 3.05) is 18.0 Å². The molecule has 0 radical (unpaired) electrons. The number of hydrogen-bond acceptors (Lipinski definition) is 2. The molecule has 1 saturated heterocycles. The zero-order valence-corrected chi connectivity index (χ0v) is 20.9. The summed E-state index contributed by atoms with van der Waals surface area (Å²) in [6.07, 6.45) is 7.51. The van der Waals surface area contributed by atoms with Crippen LogP contribution in [0.5, 0.6) is 0 Å². The number of piperidine rings is 1. The molecule has 6 heteroatoms. The van der Waals surface area contributed by atoms with Gasteiger partial charge in [0, 0.05) is 29.8 Å². The molecule has 3 atom stereocenters. The monoisotopic (exact) mass is 496 g/mol. The highest BCUT2D eigenvalue weighted by atomic mass is 19.4. The number of benzene rings is 2. The van der Waals surface area contributed by atoms with Crippen molar-refractivity contribution >= 4 is 17.7 Å². The Bertz CT molecular complexity index is 1140. The van der Waals surface area contributed by atoms with Gasteiger partial charge in [-0.25, -0.2) is 0 Å². The van der Waals surface area contributed by atoms with E-state index in [2.05, 4.69) is 30.4 Å². The van der Waals surface area contributed by atoms with Gasteiger partial charge in [-0.15, -0.1) is 0 Å². The lowest BCUT2D eigenvalue weighted by atomic mass is 9.53. The van der Waals surface area contributed by atoms with Crippen molar-refractivity contribution < 1.29 is 18.0 Å². The van der Waals surface area contributed by atoms with E-state index < -0.39 is 11.7 Å². The highest BCUT2D eigenvalue weighted by Gasteiger charge is 2.51. The molecule has 2 aliphatic carbocycles. The highest BCUT2D eigenvalue weighted by molar-refractivity contribution is 6.04. The average molecular weight is 497 g/mol. The van der Waals surface area contributed by atoms with Crippen LogP contribution in [0.3, 0.4) is 0 Å². The third-order valence-electron chi connectivity index (χ3n) is 8.58. The molecule has 0 aromatic heterocycles. The van der Waals surface area contributed by atoms with Crippen molar-refractivity contribution in [2.45, 2.75) is 75.9 Å². The Hall–Kier alpha value is -2.60. The molecule has 3 nitrogen and oxygen atoms in total. The molecule has 1 aliphatic heterocycles. The number of nitrogens with one attached hydrogen (secondary N) is 1. The lowest BCUT2D eigenvalue weighted by Gasteiger charge is -2.56. The van der Waals surface area contributed by atoms with Crippen LogP contribution in [0.15, 0.2) is 48.5 Å². The van der Waals surface area contributed by atoms with Crippen LogP contribution in [0.1, 0.15) is 74.1 Å². The molecular formula is C30H35F3N2O. The van der Waals surface area contributed by atoms with Gasteiger partial charge in [-0.2, -0.15) is 13.2 Å². The zero-order valence-electron chi connectivity index (χ0n) is 20.9. The number of halogens is 3. The van der Waals surface area contributed by atoms with E-state index in [1.165, 1.54) is 55.0 Å². The Labute approximate surface area is 211 Å². The molecule has 2 aromatic rings. The third-order valence-corrected chi connectivity index (χ3v) is 8.58. The summed E-state index contributed by atoms with van der Waals surface area (Å²) < 4.78 is 39.3. The number of unbranched alkanes of at least 4 members (excludes halogenated alkanes) is 1. The van der Waals surface area contributed by atoms with E-state index in [1.807, 2.05) is 0 Å². The van der Waals surface area contributed by atoms with Crippen LogP contribution in [0.4, 0.5) is 18.9 Å². The van der Waals surface area contributed by atoms with Crippen molar-refractivity contribution in [1.82, 2.24) is 5.32 Å². The number of amides is 1. The summed E-state index contributed by atoms with van der Waals surface area (Å²) in [5.41, 5.74) is 3.58. The summed E-state index contributed by atoms with van der Waals surface area (Å²) >= 11 is 0. The molecule has 3 aliphatic rings. The summed E-state index contributed by atoms with van der Waals surface area (Å²) in [6, 6.07) is 12.2. The second kappa shape index (κ2) is 10.0. The molecule has 1 N–H and O–H groups in total. The van der Waals surface area contributed by atoms with E-state index in [9.17, 15) is 18.0 Å². The average Bonchev–Trinajstić information content (AvgIpc) is 2.87. The largest absolute Gasteiger partial charge is 0.416 e. The van der Waals surface area contributed by atoms with Gasteiger partial charge in [0.1, 0.15) is 0 Å². The van der Waals surface area contributed by atoms with Crippen LogP contribution in [0, 0.1) is 5.92 Å². The Morgan fingerprint density at radius 2 is 2.03 bits per heavy atom. The predicted octanol–water partition coefficient (Wildman–Crippen LogP) is 6.90. The molecule has 2 bridgehead atoms. The molecule has 5 rings (SSSR count). The molecule has 0 spiro atoms. The minimum Gasteiger partial charge on any atom is -0.313 e. The minimum atomic E-state index is -4.41. The van der Waals surface area contributed by atoms with Crippen LogP contribution in [0.25, 0.3) is 6.08 Å². The first kappa shape index (κ1) is 25.1. The lowest BCUT2D eigenvalue weighted by molar-refractivity contribution is -0.137. The third kappa shape index (κ3) is 4.72. The second-order valence-corrected chi connectivity index (χ2v) is 10.7. The van der Waals surface area contributed by atoms with E-state index in [-0.39, 0.29) is 11.3 Å². The molecular weight excluding hydrogens is 461 g/mol. The van der Waals surface area contributed by atoms with Gasteiger partial charge in [0.15, 0.2) is 0 Å². The Morgan fingerprint density at radius 1 is 1.17 bits per heavy atom. The van der Waals surface area contributed by atoms with Gasteiger partial charge in [-0.05, 0) is 91.6 Å². The SMILES string of the molecule is CCCCN(C(=O)C=Cc1cccc(C(F)(F)F)c1)c1ccc2c(c1)[C@@]13CCCC[C@H]1[C@@H](C2)NCC3. The number of alkyl halides is 3. The smallest absolute Gasteiger partial charge is 0.313 e. The number of carbonyl (C=O) groups excluding carboxylic acids is 1. The Kier molecular flexibility index (Phi) is 6.99. The van der Waals surface area contributed by atoms with Crippen LogP contribution in [-0.4, -0.2) is 25.0 Å². The zero-order chi connectivity index (χ0) is 25.3. The van der Waals surface area contributed by atoms with Crippen molar-refractivity contribution in [3.63, 3.8) is 0 Å². The molecule has 36 heavy (non-hydrogen) atoms. The summed E-state index contributed by atoms with van der Waals surface area (Å²) in [5.74, 6) is 0.459. The topological polar surface area (TPSA) is 32.3 Å². The maximum atomic E-state index is 13.4. The molecule has 2 aromatic carbocycles. The van der Waals surface area contributed by atoms with Gasteiger partial charge in [-0.1, -0.05) is 44.4 Å². The van der Waals surface area contributed by atoms with Gasteiger partial charge in [-0.3, -0.25) is 4.79 Å². The number of fused-ring (bicyclic) bond motifs is 1. The van der Waals surface area contributed by atoms with E-state index >= 15 is 0 Å².